The van der Waals surface area contributed by atoms with Crippen LogP contribution in [0.1, 0.15) is 13.8 Å². The van der Waals surface area contributed by atoms with E-state index in [9.17, 15) is 10.2 Å². The summed E-state index contributed by atoms with van der Waals surface area (Å²) in [6.07, 6.45) is -2.16. The standard InChI is InChI=1S/C10H18O5/c1-4-6(12)8-9(7(13)5-11)15-10(2,3)14-8/h4,6-9,11-13H,1,5H2,2-3H3/t6?,7-,8?,9?/m1/s1. The molecule has 5 heteroatoms. The fourth-order valence-corrected chi connectivity index (χ4v) is 1.62. The fourth-order valence-electron chi connectivity index (χ4n) is 1.62. The lowest BCUT2D eigenvalue weighted by atomic mass is 10.0. The van der Waals surface area contributed by atoms with Crippen molar-refractivity contribution in [3.8, 4) is 0 Å². The van der Waals surface area contributed by atoms with E-state index in [0.29, 0.717) is 0 Å². The zero-order chi connectivity index (χ0) is 11.6. The number of hydrogen-bond acceptors (Lipinski definition) is 5. The molecule has 0 aliphatic carbocycles. The van der Waals surface area contributed by atoms with Crippen molar-refractivity contribution in [3.05, 3.63) is 12.7 Å². The second-order valence-electron chi connectivity index (χ2n) is 4.04. The third-order valence-electron chi connectivity index (χ3n) is 2.31. The van der Waals surface area contributed by atoms with E-state index in [0.717, 1.165) is 0 Å². The highest BCUT2D eigenvalue weighted by atomic mass is 16.8. The maximum absolute atomic E-state index is 9.59. The van der Waals surface area contributed by atoms with Gasteiger partial charge in [-0.05, 0) is 13.8 Å². The molecule has 3 unspecified atom stereocenters. The first kappa shape index (κ1) is 12.6. The van der Waals surface area contributed by atoms with Gasteiger partial charge >= 0.3 is 0 Å². The van der Waals surface area contributed by atoms with Gasteiger partial charge in [-0.1, -0.05) is 6.08 Å². The van der Waals surface area contributed by atoms with Gasteiger partial charge in [0.2, 0.25) is 0 Å². The molecule has 1 aliphatic rings. The molecule has 0 bridgehead atoms. The fraction of sp³-hybridized carbons (Fsp3) is 0.800. The van der Waals surface area contributed by atoms with Crippen molar-refractivity contribution in [3.63, 3.8) is 0 Å². The smallest absolute Gasteiger partial charge is 0.164 e. The lowest BCUT2D eigenvalue weighted by Crippen LogP contribution is -2.43. The molecule has 1 saturated heterocycles. The number of ether oxygens (including phenoxy) is 2. The molecule has 3 N–H and O–H groups in total. The first-order valence-electron chi connectivity index (χ1n) is 4.86. The van der Waals surface area contributed by atoms with Gasteiger partial charge in [0, 0.05) is 0 Å². The average molecular weight is 218 g/mol. The van der Waals surface area contributed by atoms with E-state index in [1.807, 2.05) is 0 Å². The molecule has 0 aromatic rings. The van der Waals surface area contributed by atoms with Crippen LogP contribution in [0.5, 0.6) is 0 Å². The van der Waals surface area contributed by atoms with E-state index in [1.54, 1.807) is 13.8 Å². The first-order valence-corrected chi connectivity index (χ1v) is 4.86. The van der Waals surface area contributed by atoms with Crippen LogP contribution in [0, 0.1) is 0 Å². The first-order chi connectivity index (χ1) is 6.91. The monoisotopic (exact) mass is 218 g/mol. The highest BCUT2D eigenvalue weighted by Crippen LogP contribution is 2.31. The highest BCUT2D eigenvalue weighted by molar-refractivity contribution is 4.96. The number of rotatable bonds is 4. The summed E-state index contributed by atoms with van der Waals surface area (Å²) in [6.45, 7) is 6.36. The van der Waals surface area contributed by atoms with Gasteiger partial charge in [0.1, 0.15) is 24.4 Å². The Bertz CT molecular complexity index is 228. The molecule has 0 radical (unpaired) electrons. The molecule has 15 heavy (non-hydrogen) atoms. The molecular weight excluding hydrogens is 200 g/mol. The van der Waals surface area contributed by atoms with Crippen molar-refractivity contribution in [2.45, 2.75) is 44.1 Å². The number of aliphatic hydroxyl groups excluding tert-OH is 3. The van der Waals surface area contributed by atoms with Gasteiger partial charge in [0.25, 0.3) is 0 Å². The molecule has 88 valence electrons. The van der Waals surface area contributed by atoms with Crippen molar-refractivity contribution < 1.29 is 24.8 Å². The molecule has 0 amide bonds. The van der Waals surface area contributed by atoms with Gasteiger partial charge in [0.15, 0.2) is 5.79 Å². The third kappa shape index (κ3) is 2.76. The minimum absolute atomic E-state index is 0.440. The summed E-state index contributed by atoms with van der Waals surface area (Å²) in [5.41, 5.74) is 0. The molecule has 1 fully saturated rings. The van der Waals surface area contributed by atoms with Crippen molar-refractivity contribution in [1.29, 1.82) is 0 Å². The predicted octanol–water partition coefficient (Wildman–Crippen LogP) is -0.593. The Labute approximate surface area is 88.9 Å². The molecular formula is C10H18O5. The second-order valence-corrected chi connectivity index (χ2v) is 4.04. The van der Waals surface area contributed by atoms with E-state index in [-0.39, 0.29) is 0 Å². The van der Waals surface area contributed by atoms with E-state index >= 15 is 0 Å². The second kappa shape index (κ2) is 4.59. The minimum Gasteiger partial charge on any atom is -0.394 e. The van der Waals surface area contributed by atoms with Gasteiger partial charge in [-0.25, -0.2) is 0 Å². The average Bonchev–Trinajstić information content (AvgIpc) is 2.52. The summed E-state index contributed by atoms with van der Waals surface area (Å²) in [4.78, 5) is 0. The Morgan fingerprint density at radius 3 is 2.33 bits per heavy atom. The molecule has 0 spiro atoms. The lowest BCUT2D eigenvalue weighted by Gasteiger charge is -2.22. The summed E-state index contributed by atoms with van der Waals surface area (Å²) < 4.78 is 10.8. The van der Waals surface area contributed by atoms with Crippen LogP contribution in [-0.4, -0.2) is 52.1 Å². The van der Waals surface area contributed by atoms with E-state index in [4.69, 9.17) is 14.6 Å². The third-order valence-corrected chi connectivity index (χ3v) is 2.31. The van der Waals surface area contributed by atoms with E-state index < -0.39 is 36.8 Å². The van der Waals surface area contributed by atoms with Crippen LogP contribution in [0.2, 0.25) is 0 Å². The molecule has 4 atom stereocenters. The van der Waals surface area contributed by atoms with Gasteiger partial charge in [-0.2, -0.15) is 0 Å². The van der Waals surface area contributed by atoms with Crippen LogP contribution in [0.25, 0.3) is 0 Å². The zero-order valence-corrected chi connectivity index (χ0v) is 8.96. The molecule has 0 aromatic carbocycles. The van der Waals surface area contributed by atoms with Crippen LogP contribution >= 0.6 is 0 Å². The van der Waals surface area contributed by atoms with Crippen LogP contribution < -0.4 is 0 Å². The molecule has 1 rings (SSSR count). The van der Waals surface area contributed by atoms with Crippen LogP contribution in [0.15, 0.2) is 12.7 Å². The number of hydrogen-bond donors (Lipinski definition) is 3. The maximum Gasteiger partial charge on any atom is 0.164 e. The van der Waals surface area contributed by atoms with Gasteiger partial charge in [-0.15, -0.1) is 6.58 Å². The van der Waals surface area contributed by atoms with Crippen LogP contribution in [-0.2, 0) is 9.47 Å². The summed E-state index contributed by atoms with van der Waals surface area (Å²) in [5.74, 6) is -0.879. The summed E-state index contributed by atoms with van der Waals surface area (Å²) in [5, 5.41) is 27.9. The van der Waals surface area contributed by atoms with E-state index in [1.165, 1.54) is 6.08 Å². The topological polar surface area (TPSA) is 79.2 Å². The van der Waals surface area contributed by atoms with Gasteiger partial charge in [-0.3, -0.25) is 0 Å². The minimum atomic E-state index is -1.08. The summed E-state index contributed by atoms with van der Waals surface area (Å²) in [7, 11) is 0. The Balaban J connectivity index is 2.78. The Morgan fingerprint density at radius 2 is 1.87 bits per heavy atom. The lowest BCUT2D eigenvalue weighted by molar-refractivity contribution is -0.160. The predicted molar refractivity (Wildman–Crippen MR) is 53.1 cm³/mol. The summed E-state index contributed by atoms with van der Waals surface area (Å²) >= 11 is 0. The highest BCUT2D eigenvalue weighted by Gasteiger charge is 2.46. The zero-order valence-electron chi connectivity index (χ0n) is 8.96. The van der Waals surface area contributed by atoms with Gasteiger partial charge < -0.3 is 24.8 Å². The molecule has 5 nitrogen and oxygen atoms in total. The SMILES string of the molecule is C=CC(O)C1OC(C)(C)OC1[C@H](O)CO. The Kier molecular flexibility index (Phi) is 3.86. The van der Waals surface area contributed by atoms with Crippen LogP contribution in [0.4, 0.5) is 0 Å². The largest absolute Gasteiger partial charge is 0.394 e. The normalized spacial score (nSPS) is 33.7. The van der Waals surface area contributed by atoms with Crippen molar-refractivity contribution in [2.24, 2.45) is 0 Å². The van der Waals surface area contributed by atoms with Crippen molar-refractivity contribution in [2.75, 3.05) is 6.61 Å². The van der Waals surface area contributed by atoms with Crippen LogP contribution in [0.3, 0.4) is 0 Å². The van der Waals surface area contributed by atoms with E-state index in [2.05, 4.69) is 6.58 Å². The van der Waals surface area contributed by atoms with Gasteiger partial charge in [0.05, 0.1) is 6.61 Å². The quantitative estimate of drug-likeness (QED) is 0.549. The number of aliphatic hydroxyl groups is 3. The molecule has 0 saturated carbocycles. The van der Waals surface area contributed by atoms with Crippen molar-refractivity contribution >= 4 is 0 Å². The maximum atomic E-state index is 9.59. The Morgan fingerprint density at radius 1 is 1.33 bits per heavy atom. The Hall–Kier alpha value is -0.460. The molecule has 1 heterocycles. The molecule has 0 aromatic heterocycles. The van der Waals surface area contributed by atoms with Crippen molar-refractivity contribution in [1.82, 2.24) is 0 Å². The molecule has 1 aliphatic heterocycles. The summed E-state index contributed by atoms with van der Waals surface area (Å²) in [6, 6.07) is 0.